The van der Waals surface area contributed by atoms with Crippen LogP contribution >= 0.6 is 17.9 Å². The van der Waals surface area contributed by atoms with Crippen LogP contribution < -0.4 is 7.22 Å². The molecule has 176 valence electrons. The van der Waals surface area contributed by atoms with Crippen molar-refractivity contribution in [2.45, 2.75) is 27.7 Å². The van der Waals surface area contributed by atoms with Gasteiger partial charge in [-0.1, -0.05) is 0 Å². The first-order valence-electron chi connectivity index (χ1n) is 11.6. The molecule has 5 aromatic rings. The average Bonchev–Trinajstić information content (AvgIpc) is 2.82. The van der Waals surface area contributed by atoms with E-state index in [1.54, 1.807) is 0 Å². The normalized spacial score (nSPS) is 12.6. The second-order valence-electron chi connectivity index (χ2n) is 9.16. The van der Waals surface area contributed by atoms with E-state index in [9.17, 15) is 0 Å². The van der Waals surface area contributed by atoms with Crippen LogP contribution in [0.5, 0.6) is 0 Å². The molecule has 0 aliphatic heterocycles. The average molecular weight is 612 g/mol. The number of aliphatic imine (C=N–C) groups is 1. The van der Waals surface area contributed by atoms with Gasteiger partial charge in [-0.3, -0.25) is 0 Å². The Bertz CT molecular complexity index is 1600. The van der Waals surface area contributed by atoms with Gasteiger partial charge in [-0.2, -0.15) is 0 Å². The Balaban J connectivity index is 1.67. The van der Waals surface area contributed by atoms with Gasteiger partial charge >= 0.3 is 220 Å². The van der Waals surface area contributed by atoms with Crippen LogP contribution in [0.3, 0.4) is 0 Å². The Hall–Kier alpha value is -2.34. The molecule has 0 aliphatic rings. The number of rotatable bonds is 4. The molecule has 5 rings (SSSR count). The molecule has 4 heteroatoms. The third-order valence-corrected chi connectivity index (χ3v) is 16.5. The van der Waals surface area contributed by atoms with Gasteiger partial charge < -0.3 is 0 Å². The molecule has 0 fully saturated rings. The standard InChI is InChI=1S/C31H27Cl2NTe/c1-20-13-14-29(30(17-20)35(32,33)31-22(3)15-21(2)16-23(31)4)34-19-25-18-24-9-5-6-10-26(24)28-12-8-7-11-27(25)28/h5-19H,1-4H3. The van der Waals surface area contributed by atoms with Crippen LogP contribution in [0.4, 0.5) is 5.69 Å². The van der Waals surface area contributed by atoms with E-state index in [2.05, 4.69) is 113 Å². The summed E-state index contributed by atoms with van der Waals surface area (Å²) in [5.41, 5.74) is 6.60. The fourth-order valence-corrected chi connectivity index (χ4v) is 15.2. The van der Waals surface area contributed by atoms with E-state index in [1.165, 1.54) is 27.1 Å². The summed E-state index contributed by atoms with van der Waals surface area (Å²) >= 11 is -3.72. The van der Waals surface area contributed by atoms with Crippen LogP contribution in [0.1, 0.15) is 27.8 Å². The van der Waals surface area contributed by atoms with Crippen molar-refractivity contribution in [2.24, 2.45) is 4.99 Å². The molecule has 0 atom stereocenters. The van der Waals surface area contributed by atoms with Crippen LogP contribution in [0.15, 0.2) is 89.9 Å². The van der Waals surface area contributed by atoms with E-state index in [0.29, 0.717) is 0 Å². The second kappa shape index (κ2) is 9.61. The van der Waals surface area contributed by atoms with E-state index in [1.807, 2.05) is 6.21 Å². The molecular weight excluding hydrogens is 585 g/mol. The summed E-state index contributed by atoms with van der Waals surface area (Å²) in [5.74, 6) is 0. The molecule has 0 radical (unpaired) electrons. The molecule has 0 heterocycles. The van der Waals surface area contributed by atoms with Crippen molar-refractivity contribution >= 4 is 74.5 Å². The molecule has 0 amide bonds. The monoisotopic (exact) mass is 613 g/mol. The first kappa shape index (κ1) is 24.4. The molecule has 0 aromatic heterocycles. The van der Waals surface area contributed by atoms with E-state index in [-0.39, 0.29) is 0 Å². The number of halogens is 2. The summed E-state index contributed by atoms with van der Waals surface area (Å²) in [5, 5.41) is 4.85. The van der Waals surface area contributed by atoms with E-state index in [4.69, 9.17) is 22.9 Å². The SMILES string of the molecule is Cc1cc(C)c([Te](Cl)(Cl)c2cc(C)ccc2N=Cc2cc3ccccc3c3ccccc23)c(C)c1. The van der Waals surface area contributed by atoms with Gasteiger partial charge in [0.05, 0.1) is 0 Å². The van der Waals surface area contributed by atoms with Crippen molar-refractivity contribution in [1.82, 2.24) is 0 Å². The predicted molar refractivity (Wildman–Crippen MR) is 157 cm³/mol. The zero-order valence-corrected chi connectivity index (χ0v) is 24.1. The van der Waals surface area contributed by atoms with E-state index >= 15 is 0 Å². The Morgan fingerprint density at radius 2 is 1.29 bits per heavy atom. The number of nitrogens with zero attached hydrogens (tertiary/aromatic N) is 1. The fraction of sp³-hybridized carbons (Fsp3) is 0.129. The van der Waals surface area contributed by atoms with E-state index in [0.717, 1.165) is 35.2 Å². The van der Waals surface area contributed by atoms with Crippen LogP contribution in [0.2, 0.25) is 0 Å². The van der Waals surface area contributed by atoms with Crippen LogP contribution in [-0.2, 0) is 0 Å². The number of benzene rings is 5. The first-order chi connectivity index (χ1) is 16.8. The Morgan fingerprint density at radius 3 is 2.00 bits per heavy atom. The molecule has 0 saturated heterocycles. The Kier molecular flexibility index (Phi) is 6.69. The molecule has 35 heavy (non-hydrogen) atoms. The van der Waals surface area contributed by atoms with Crippen molar-refractivity contribution in [2.75, 3.05) is 0 Å². The summed E-state index contributed by atoms with van der Waals surface area (Å²) in [6.07, 6.45) is 1.96. The zero-order valence-electron chi connectivity index (χ0n) is 20.3. The summed E-state index contributed by atoms with van der Waals surface area (Å²) in [6, 6.07) is 29.8. The Labute approximate surface area is 218 Å². The Morgan fingerprint density at radius 1 is 0.657 bits per heavy atom. The molecule has 1 nitrogen and oxygen atoms in total. The number of hydrogen-bond acceptors (Lipinski definition) is 1. The van der Waals surface area contributed by atoms with Gasteiger partial charge in [0.2, 0.25) is 0 Å². The number of hydrogen-bond donors (Lipinski definition) is 0. The molecule has 0 saturated carbocycles. The topological polar surface area (TPSA) is 12.4 Å². The zero-order chi connectivity index (χ0) is 24.7. The van der Waals surface area contributed by atoms with E-state index < -0.39 is 15.9 Å². The summed E-state index contributed by atoms with van der Waals surface area (Å²) < 4.78 is 2.09. The summed E-state index contributed by atoms with van der Waals surface area (Å²) in [6.45, 7) is 8.41. The van der Waals surface area contributed by atoms with Crippen molar-refractivity contribution < 1.29 is 0 Å². The summed E-state index contributed by atoms with van der Waals surface area (Å²) in [7, 11) is 14.7. The molecule has 0 spiro atoms. The maximum absolute atomic E-state index is 7.36. The second-order valence-corrected chi connectivity index (χ2v) is 21.5. The van der Waals surface area contributed by atoms with Crippen molar-refractivity contribution in [3.63, 3.8) is 0 Å². The van der Waals surface area contributed by atoms with Crippen molar-refractivity contribution in [3.8, 4) is 0 Å². The summed E-state index contributed by atoms with van der Waals surface area (Å²) in [4.78, 5) is 5.00. The van der Waals surface area contributed by atoms with Crippen molar-refractivity contribution in [1.29, 1.82) is 0 Å². The predicted octanol–water partition coefficient (Wildman–Crippen LogP) is 8.01. The quantitative estimate of drug-likeness (QED) is 0.111. The van der Waals surface area contributed by atoms with Crippen molar-refractivity contribution in [3.05, 3.63) is 113 Å². The number of fused-ring (bicyclic) bond motifs is 3. The van der Waals surface area contributed by atoms with Gasteiger partial charge in [-0.15, -0.1) is 0 Å². The molecule has 0 N–H and O–H groups in total. The van der Waals surface area contributed by atoms with Gasteiger partial charge in [0, 0.05) is 0 Å². The van der Waals surface area contributed by atoms with Gasteiger partial charge in [-0.05, 0) is 0 Å². The van der Waals surface area contributed by atoms with Crippen LogP contribution in [0.25, 0.3) is 21.5 Å². The molecule has 0 bridgehead atoms. The van der Waals surface area contributed by atoms with Crippen LogP contribution in [0, 0.1) is 27.7 Å². The molecule has 5 aromatic carbocycles. The number of aryl methyl sites for hydroxylation is 4. The third-order valence-electron chi connectivity index (χ3n) is 6.40. The van der Waals surface area contributed by atoms with Crippen LogP contribution in [-0.4, -0.2) is 22.2 Å². The maximum atomic E-state index is 7.36. The molecule has 0 aliphatic carbocycles. The molecular formula is C31H27Cl2NTe. The van der Waals surface area contributed by atoms with Gasteiger partial charge in [0.1, 0.15) is 0 Å². The first-order valence-corrected chi connectivity index (χ1v) is 19.8. The van der Waals surface area contributed by atoms with Gasteiger partial charge in [-0.25, -0.2) is 0 Å². The molecule has 0 unspecified atom stereocenters. The van der Waals surface area contributed by atoms with Gasteiger partial charge in [0.15, 0.2) is 0 Å². The minimum atomic E-state index is -3.72. The third kappa shape index (κ3) is 4.62. The fourth-order valence-electron chi connectivity index (χ4n) is 4.94. The van der Waals surface area contributed by atoms with Gasteiger partial charge in [0.25, 0.3) is 0 Å². The minimum absolute atomic E-state index is 0.846.